The molecule has 0 saturated carbocycles. The quantitative estimate of drug-likeness (QED) is 0.624. The smallest absolute Gasteiger partial charge is 0.0167 e. The van der Waals surface area contributed by atoms with Crippen LogP contribution in [0.3, 0.4) is 0 Å². The van der Waals surface area contributed by atoms with Gasteiger partial charge in [-0.1, -0.05) is 58.5 Å². The molecule has 0 aromatic carbocycles. The summed E-state index contributed by atoms with van der Waals surface area (Å²) in [5, 5.41) is 0. The van der Waals surface area contributed by atoms with E-state index in [1.807, 2.05) is 31.2 Å². The number of rotatable bonds is 4. The van der Waals surface area contributed by atoms with Crippen LogP contribution in [0, 0.1) is 0 Å². The predicted octanol–water partition coefficient (Wildman–Crippen LogP) is 4.92. The molecule has 1 heteroatoms. The van der Waals surface area contributed by atoms with Crippen LogP contribution in [-0.4, -0.2) is 0 Å². The number of allylic oxidation sites excluding steroid dienone is 8. The third-order valence-corrected chi connectivity index (χ3v) is 2.59. The molecule has 0 aliphatic heterocycles. The van der Waals surface area contributed by atoms with Crippen LogP contribution in [-0.2, 0) is 0 Å². The lowest BCUT2D eigenvalue weighted by molar-refractivity contribution is 1.38. The molecule has 0 amide bonds. The summed E-state index contributed by atoms with van der Waals surface area (Å²) in [7, 11) is 0. The van der Waals surface area contributed by atoms with E-state index < -0.39 is 0 Å². The Bertz CT molecular complexity index is 310. The van der Waals surface area contributed by atoms with Crippen molar-refractivity contribution < 1.29 is 0 Å². The highest BCUT2D eigenvalue weighted by Crippen LogP contribution is 2.16. The first kappa shape index (κ1) is 13.2. The fourth-order valence-electron chi connectivity index (χ4n) is 0.704. The van der Waals surface area contributed by atoms with Gasteiger partial charge in [-0.05, 0) is 32.4 Å². The van der Waals surface area contributed by atoms with Gasteiger partial charge in [-0.15, -0.1) is 0 Å². The Labute approximate surface area is 95.5 Å². The summed E-state index contributed by atoms with van der Waals surface area (Å²) in [5.41, 5.74) is 3.35. The fraction of sp³-hybridized carbons (Fsp3) is 0.231. The van der Waals surface area contributed by atoms with E-state index in [0.717, 1.165) is 15.6 Å². The summed E-state index contributed by atoms with van der Waals surface area (Å²) >= 11 is 3.49. The van der Waals surface area contributed by atoms with Gasteiger partial charge in [0, 0.05) is 4.48 Å². The van der Waals surface area contributed by atoms with Gasteiger partial charge < -0.3 is 0 Å². The monoisotopic (exact) mass is 252 g/mol. The van der Waals surface area contributed by atoms with Gasteiger partial charge in [-0.2, -0.15) is 0 Å². The molecule has 0 nitrogen and oxygen atoms in total. The van der Waals surface area contributed by atoms with E-state index in [4.69, 9.17) is 0 Å². The SMILES string of the molecule is C=CC(/C=C/C(=C)C)=C\C(Br)=C(C)C. The van der Waals surface area contributed by atoms with Gasteiger partial charge >= 0.3 is 0 Å². The third-order valence-electron chi connectivity index (χ3n) is 1.57. The molecule has 0 spiro atoms. The Morgan fingerprint density at radius 2 is 1.71 bits per heavy atom. The van der Waals surface area contributed by atoms with Crippen molar-refractivity contribution in [2.24, 2.45) is 0 Å². The second-order valence-corrected chi connectivity index (χ2v) is 4.23. The van der Waals surface area contributed by atoms with Crippen LogP contribution >= 0.6 is 15.9 Å². The zero-order valence-electron chi connectivity index (χ0n) is 9.10. The molecule has 0 aliphatic carbocycles. The number of hydrogen-bond acceptors (Lipinski definition) is 0. The van der Waals surface area contributed by atoms with Gasteiger partial charge in [0.05, 0.1) is 0 Å². The molecule has 0 rings (SSSR count). The summed E-state index contributed by atoms with van der Waals surface area (Å²) in [6.45, 7) is 13.6. The van der Waals surface area contributed by atoms with Crippen LogP contribution in [0.1, 0.15) is 20.8 Å². The van der Waals surface area contributed by atoms with Crippen LogP contribution in [0.15, 0.2) is 58.7 Å². The van der Waals surface area contributed by atoms with Gasteiger partial charge in [0.1, 0.15) is 0 Å². The first-order valence-corrected chi connectivity index (χ1v) is 5.27. The van der Waals surface area contributed by atoms with E-state index in [-0.39, 0.29) is 0 Å². The van der Waals surface area contributed by atoms with Crippen molar-refractivity contribution >= 4 is 15.9 Å². The summed E-state index contributed by atoms with van der Waals surface area (Å²) in [6, 6.07) is 0. The molecule has 0 saturated heterocycles. The van der Waals surface area contributed by atoms with E-state index in [1.54, 1.807) is 0 Å². The van der Waals surface area contributed by atoms with Crippen LogP contribution < -0.4 is 0 Å². The molecule has 0 aromatic rings. The average molecular weight is 253 g/mol. The van der Waals surface area contributed by atoms with Crippen molar-refractivity contribution in [3.05, 3.63) is 58.7 Å². The van der Waals surface area contributed by atoms with Crippen molar-refractivity contribution in [2.45, 2.75) is 20.8 Å². The Hall–Kier alpha value is -0.820. The fourth-order valence-corrected chi connectivity index (χ4v) is 0.969. The van der Waals surface area contributed by atoms with E-state index in [2.05, 4.69) is 42.9 Å². The zero-order valence-corrected chi connectivity index (χ0v) is 10.7. The number of hydrogen-bond donors (Lipinski definition) is 0. The standard InChI is InChI=1S/C13H17Br/c1-6-12(8-7-10(2)3)9-13(14)11(4)5/h6-9H,1-2H2,3-5H3/b8-7+,12-9+. The normalized spacial score (nSPS) is 11.6. The van der Waals surface area contributed by atoms with Gasteiger partial charge in [-0.3, -0.25) is 0 Å². The minimum atomic E-state index is 1.03. The summed E-state index contributed by atoms with van der Waals surface area (Å²) in [5.74, 6) is 0. The Morgan fingerprint density at radius 1 is 1.14 bits per heavy atom. The molecule has 0 aliphatic rings. The second-order valence-electron chi connectivity index (χ2n) is 3.38. The molecule has 0 bridgehead atoms. The van der Waals surface area contributed by atoms with E-state index >= 15 is 0 Å². The lowest BCUT2D eigenvalue weighted by atomic mass is 10.1. The van der Waals surface area contributed by atoms with Crippen molar-refractivity contribution in [1.29, 1.82) is 0 Å². The van der Waals surface area contributed by atoms with E-state index in [0.29, 0.717) is 0 Å². The lowest BCUT2D eigenvalue weighted by Gasteiger charge is -1.97. The highest BCUT2D eigenvalue weighted by molar-refractivity contribution is 9.11. The van der Waals surface area contributed by atoms with Crippen LogP contribution in [0.25, 0.3) is 0 Å². The molecule has 0 atom stereocenters. The van der Waals surface area contributed by atoms with Crippen LogP contribution in [0.5, 0.6) is 0 Å². The molecular weight excluding hydrogens is 236 g/mol. The van der Waals surface area contributed by atoms with Crippen LogP contribution in [0.2, 0.25) is 0 Å². The Balaban J connectivity index is 4.83. The zero-order chi connectivity index (χ0) is 11.1. The van der Waals surface area contributed by atoms with Crippen molar-refractivity contribution in [2.75, 3.05) is 0 Å². The highest BCUT2D eigenvalue weighted by Gasteiger charge is 1.91. The first-order valence-electron chi connectivity index (χ1n) is 4.48. The molecule has 0 radical (unpaired) electrons. The predicted molar refractivity (Wildman–Crippen MR) is 69.5 cm³/mol. The van der Waals surface area contributed by atoms with Gasteiger partial charge in [0.25, 0.3) is 0 Å². The molecule has 14 heavy (non-hydrogen) atoms. The summed E-state index contributed by atoms with van der Waals surface area (Å²) in [4.78, 5) is 0. The molecule has 0 heterocycles. The largest absolute Gasteiger partial charge is 0.0985 e. The maximum Gasteiger partial charge on any atom is 0.0167 e. The molecule has 0 fully saturated rings. The topological polar surface area (TPSA) is 0 Å². The van der Waals surface area contributed by atoms with Crippen molar-refractivity contribution in [3.8, 4) is 0 Å². The maximum atomic E-state index is 3.80. The Kier molecular flexibility index (Phi) is 6.22. The van der Waals surface area contributed by atoms with Gasteiger partial charge in [-0.25, -0.2) is 0 Å². The molecular formula is C13H17Br. The number of halogens is 1. The molecule has 76 valence electrons. The first-order chi connectivity index (χ1) is 6.47. The third kappa shape index (κ3) is 5.76. The van der Waals surface area contributed by atoms with Crippen molar-refractivity contribution in [3.63, 3.8) is 0 Å². The van der Waals surface area contributed by atoms with Gasteiger partial charge in [0.15, 0.2) is 0 Å². The molecule has 0 unspecified atom stereocenters. The van der Waals surface area contributed by atoms with Crippen molar-refractivity contribution in [1.82, 2.24) is 0 Å². The molecule has 0 aromatic heterocycles. The Morgan fingerprint density at radius 3 is 2.07 bits per heavy atom. The minimum Gasteiger partial charge on any atom is -0.0985 e. The lowest BCUT2D eigenvalue weighted by Crippen LogP contribution is -1.75. The minimum absolute atomic E-state index is 1.03. The van der Waals surface area contributed by atoms with E-state index in [1.165, 1.54) is 5.57 Å². The van der Waals surface area contributed by atoms with E-state index in [9.17, 15) is 0 Å². The maximum absolute atomic E-state index is 3.80. The molecule has 0 N–H and O–H groups in total. The second kappa shape index (κ2) is 6.61. The highest BCUT2D eigenvalue weighted by atomic mass is 79.9. The van der Waals surface area contributed by atoms with Gasteiger partial charge in [0.2, 0.25) is 0 Å². The summed E-state index contributed by atoms with van der Waals surface area (Å²) in [6.07, 6.45) is 7.84. The van der Waals surface area contributed by atoms with Crippen LogP contribution in [0.4, 0.5) is 0 Å². The summed E-state index contributed by atoms with van der Waals surface area (Å²) < 4.78 is 1.10. The average Bonchev–Trinajstić information content (AvgIpc) is 2.11.